The summed E-state index contributed by atoms with van der Waals surface area (Å²) >= 11 is 0. The lowest BCUT2D eigenvalue weighted by Crippen LogP contribution is -2.41. The second-order valence-corrected chi connectivity index (χ2v) is 10.1. The zero-order chi connectivity index (χ0) is 23.0. The summed E-state index contributed by atoms with van der Waals surface area (Å²) in [4.78, 5) is 0. The van der Waals surface area contributed by atoms with E-state index in [2.05, 4.69) is 4.72 Å². The zero-order valence-electron chi connectivity index (χ0n) is 18.1. The number of ether oxygens (including phenoxy) is 1. The standard InChI is InChI=1S/C21H26BF2NO5S/c1-14(15-6-9-17(24)10-7-15)28-19-12-16(8-11-18(19)25-31(26,27)13-23)22-29-20(2,3)21(4,5)30-22/h6-12,14,25H,13H2,1-5H3. The first-order valence-corrected chi connectivity index (χ1v) is 11.5. The van der Waals surface area contributed by atoms with Gasteiger partial charge >= 0.3 is 7.12 Å². The molecular formula is C21H26BF2NO5S. The third kappa shape index (κ3) is 5.19. The van der Waals surface area contributed by atoms with Crippen molar-refractivity contribution in [2.24, 2.45) is 0 Å². The number of alkyl halides is 1. The minimum Gasteiger partial charge on any atom is -0.484 e. The van der Waals surface area contributed by atoms with Crippen LogP contribution in [0.3, 0.4) is 0 Å². The highest BCUT2D eigenvalue weighted by Crippen LogP contribution is 2.37. The van der Waals surface area contributed by atoms with Gasteiger partial charge in [0.25, 0.3) is 10.0 Å². The van der Waals surface area contributed by atoms with E-state index in [9.17, 15) is 17.2 Å². The van der Waals surface area contributed by atoms with Crippen LogP contribution in [0.25, 0.3) is 0 Å². The summed E-state index contributed by atoms with van der Waals surface area (Å²) in [5.74, 6) is -0.212. The van der Waals surface area contributed by atoms with Gasteiger partial charge < -0.3 is 14.0 Å². The molecule has 0 amide bonds. The van der Waals surface area contributed by atoms with Gasteiger partial charge in [-0.05, 0) is 69.9 Å². The normalized spacial score (nSPS) is 18.6. The summed E-state index contributed by atoms with van der Waals surface area (Å²) in [6.45, 7) is 9.42. The van der Waals surface area contributed by atoms with Crippen molar-refractivity contribution in [3.63, 3.8) is 0 Å². The Kier molecular flexibility index (Phi) is 6.37. The molecular weight excluding hydrogens is 427 g/mol. The largest absolute Gasteiger partial charge is 0.494 e. The van der Waals surface area contributed by atoms with Gasteiger partial charge in [-0.15, -0.1) is 0 Å². The van der Waals surface area contributed by atoms with Crippen molar-refractivity contribution in [1.29, 1.82) is 0 Å². The maximum atomic E-state index is 13.2. The first kappa shape index (κ1) is 23.5. The number of hydrogen-bond donors (Lipinski definition) is 1. The van der Waals surface area contributed by atoms with E-state index in [4.69, 9.17) is 14.0 Å². The molecule has 168 valence electrons. The maximum absolute atomic E-state index is 13.2. The Morgan fingerprint density at radius 3 is 2.19 bits per heavy atom. The first-order chi connectivity index (χ1) is 14.3. The molecule has 0 bridgehead atoms. The lowest BCUT2D eigenvalue weighted by molar-refractivity contribution is 0.00578. The molecule has 6 nitrogen and oxygen atoms in total. The van der Waals surface area contributed by atoms with Gasteiger partial charge in [-0.1, -0.05) is 18.2 Å². The van der Waals surface area contributed by atoms with Crippen molar-refractivity contribution >= 4 is 28.3 Å². The topological polar surface area (TPSA) is 73.9 Å². The van der Waals surface area contributed by atoms with Crippen molar-refractivity contribution in [3.8, 4) is 5.75 Å². The lowest BCUT2D eigenvalue weighted by atomic mass is 9.79. The molecule has 1 atom stereocenters. The summed E-state index contributed by atoms with van der Waals surface area (Å²) in [5, 5.41) is 0. The Morgan fingerprint density at radius 2 is 1.65 bits per heavy atom. The number of rotatable bonds is 7. The SMILES string of the molecule is CC(Oc1cc(B2OC(C)(C)C(C)(C)O2)ccc1NS(=O)(=O)CF)c1ccc(F)cc1. The predicted molar refractivity (Wildman–Crippen MR) is 116 cm³/mol. The van der Waals surface area contributed by atoms with Crippen molar-refractivity contribution < 1.29 is 31.2 Å². The van der Waals surface area contributed by atoms with E-state index < -0.39 is 40.5 Å². The molecule has 1 saturated heterocycles. The number of nitrogens with one attached hydrogen (secondary N) is 1. The Balaban J connectivity index is 1.95. The second-order valence-electron chi connectivity index (χ2n) is 8.48. The van der Waals surface area contributed by atoms with Gasteiger partial charge in [-0.25, -0.2) is 17.2 Å². The summed E-state index contributed by atoms with van der Waals surface area (Å²) in [6.07, 6.45) is -0.539. The highest BCUT2D eigenvalue weighted by atomic mass is 32.2. The van der Waals surface area contributed by atoms with Crippen LogP contribution in [0.1, 0.15) is 46.3 Å². The van der Waals surface area contributed by atoms with Crippen LogP contribution in [0, 0.1) is 5.82 Å². The maximum Gasteiger partial charge on any atom is 0.494 e. The van der Waals surface area contributed by atoms with Crippen LogP contribution in [0.4, 0.5) is 14.5 Å². The third-order valence-corrected chi connectivity index (χ3v) is 6.40. The van der Waals surface area contributed by atoms with Crippen LogP contribution in [0.5, 0.6) is 5.75 Å². The van der Waals surface area contributed by atoms with Gasteiger partial charge in [0.1, 0.15) is 17.7 Å². The van der Waals surface area contributed by atoms with Gasteiger partial charge in [0.05, 0.1) is 16.9 Å². The monoisotopic (exact) mass is 453 g/mol. The molecule has 0 radical (unpaired) electrons. The molecule has 31 heavy (non-hydrogen) atoms. The van der Waals surface area contributed by atoms with Gasteiger partial charge in [0.15, 0.2) is 0 Å². The molecule has 0 saturated carbocycles. The zero-order valence-corrected chi connectivity index (χ0v) is 18.9. The van der Waals surface area contributed by atoms with E-state index >= 15 is 0 Å². The number of sulfonamides is 1. The smallest absolute Gasteiger partial charge is 0.484 e. The molecule has 1 aliphatic rings. The molecule has 0 spiro atoms. The Labute approximate surface area is 182 Å². The summed E-state index contributed by atoms with van der Waals surface area (Å²) in [5.41, 5.74) is 0.250. The summed E-state index contributed by atoms with van der Waals surface area (Å²) in [6, 6.07) is 8.89. The van der Waals surface area contributed by atoms with Crippen LogP contribution >= 0.6 is 0 Å². The fraction of sp³-hybridized carbons (Fsp3) is 0.429. The van der Waals surface area contributed by atoms with Gasteiger partial charge in [0, 0.05) is 0 Å². The van der Waals surface area contributed by atoms with Gasteiger partial charge in [0.2, 0.25) is 6.01 Å². The predicted octanol–water partition coefficient (Wildman–Crippen LogP) is 3.93. The van der Waals surface area contributed by atoms with E-state index in [1.54, 1.807) is 31.2 Å². The van der Waals surface area contributed by atoms with Crippen LogP contribution in [-0.2, 0) is 19.3 Å². The number of hydrogen-bond acceptors (Lipinski definition) is 5. The Hall–Kier alpha value is -2.17. The third-order valence-electron chi connectivity index (χ3n) is 5.58. The number of halogens is 2. The molecule has 10 heteroatoms. The highest BCUT2D eigenvalue weighted by Gasteiger charge is 2.51. The molecule has 1 unspecified atom stereocenters. The van der Waals surface area contributed by atoms with E-state index in [1.807, 2.05) is 27.7 Å². The van der Waals surface area contributed by atoms with Crippen molar-refractivity contribution in [2.45, 2.75) is 51.9 Å². The number of benzene rings is 2. The molecule has 2 aromatic rings. The van der Waals surface area contributed by atoms with Crippen molar-refractivity contribution in [2.75, 3.05) is 10.7 Å². The summed E-state index contributed by atoms with van der Waals surface area (Å²) < 4.78 is 70.0. The summed E-state index contributed by atoms with van der Waals surface area (Å²) in [7, 11) is -4.87. The van der Waals surface area contributed by atoms with Gasteiger partial charge in [-0.3, -0.25) is 4.72 Å². The van der Waals surface area contributed by atoms with Crippen LogP contribution < -0.4 is 14.9 Å². The van der Waals surface area contributed by atoms with E-state index in [1.165, 1.54) is 18.2 Å². The molecule has 1 aliphatic heterocycles. The van der Waals surface area contributed by atoms with Gasteiger partial charge in [-0.2, -0.15) is 0 Å². The van der Waals surface area contributed by atoms with Crippen LogP contribution in [-0.4, -0.2) is 32.7 Å². The fourth-order valence-electron chi connectivity index (χ4n) is 3.03. The molecule has 0 aromatic heterocycles. The van der Waals surface area contributed by atoms with Crippen LogP contribution in [0.15, 0.2) is 42.5 Å². The highest BCUT2D eigenvalue weighted by molar-refractivity contribution is 7.92. The van der Waals surface area contributed by atoms with Crippen LogP contribution in [0.2, 0.25) is 0 Å². The molecule has 1 fully saturated rings. The van der Waals surface area contributed by atoms with Crippen molar-refractivity contribution in [1.82, 2.24) is 0 Å². The minimum atomic E-state index is -4.18. The molecule has 0 aliphatic carbocycles. The Morgan fingerprint density at radius 1 is 1.06 bits per heavy atom. The minimum absolute atomic E-state index is 0.0758. The quantitative estimate of drug-likeness (QED) is 0.644. The Bertz CT molecular complexity index is 1030. The molecule has 1 heterocycles. The van der Waals surface area contributed by atoms with Crippen molar-refractivity contribution in [3.05, 3.63) is 53.8 Å². The number of anilines is 1. The molecule has 1 N–H and O–H groups in total. The van der Waals surface area contributed by atoms with E-state index in [0.29, 0.717) is 11.0 Å². The first-order valence-electron chi connectivity index (χ1n) is 9.82. The average molecular weight is 453 g/mol. The van der Waals surface area contributed by atoms with E-state index in [0.717, 1.165) is 0 Å². The molecule has 2 aromatic carbocycles. The van der Waals surface area contributed by atoms with E-state index in [-0.39, 0.29) is 17.3 Å². The fourth-order valence-corrected chi connectivity index (χ4v) is 3.59. The second kappa shape index (κ2) is 8.40. The average Bonchev–Trinajstić information content (AvgIpc) is 2.90. The molecule has 3 rings (SSSR count). The lowest BCUT2D eigenvalue weighted by Gasteiger charge is -2.32.